The van der Waals surface area contributed by atoms with Crippen LogP contribution in [0.2, 0.25) is 5.02 Å². The second-order valence-corrected chi connectivity index (χ2v) is 10.6. The number of anilines is 1. The summed E-state index contributed by atoms with van der Waals surface area (Å²) in [6, 6.07) is 2.34. The summed E-state index contributed by atoms with van der Waals surface area (Å²) in [7, 11) is 0. The van der Waals surface area contributed by atoms with Gasteiger partial charge in [-0.2, -0.15) is 0 Å². The number of ether oxygens (including phenoxy) is 1. The highest BCUT2D eigenvalue weighted by molar-refractivity contribution is 9.10. The molecule has 1 N–H and O–H groups in total. The first-order chi connectivity index (χ1) is 15.1. The number of rotatable bonds is 6. The number of carbonyl (C=O) groups excluding carboxylic acids is 4. The molecule has 3 fully saturated rings. The van der Waals surface area contributed by atoms with Crippen molar-refractivity contribution in [1.29, 1.82) is 0 Å². The zero-order valence-corrected chi connectivity index (χ0v) is 20.5. The zero-order valence-electron chi connectivity index (χ0n) is 18.2. The van der Waals surface area contributed by atoms with E-state index >= 15 is 0 Å². The quantitative estimate of drug-likeness (QED) is 0.448. The third-order valence-corrected chi connectivity index (χ3v) is 8.20. The summed E-state index contributed by atoms with van der Waals surface area (Å²) in [6.45, 7) is 4.82. The second-order valence-electron chi connectivity index (χ2n) is 9.36. The molecule has 172 valence electrons. The van der Waals surface area contributed by atoms with Gasteiger partial charge in [0.2, 0.25) is 11.8 Å². The summed E-state index contributed by atoms with van der Waals surface area (Å²) < 4.78 is 5.96. The number of hydrogen-bond acceptors (Lipinski definition) is 5. The molecule has 2 bridgehead atoms. The smallest absolute Gasteiger partial charge is 0.330 e. The Bertz CT molecular complexity index is 969. The number of halogens is 2. The van der Waals surface area contributed by atoms with E-state index in [4.69, 9.17) is 16.3 Å². The Labute approximate surface area is 200 Å². The number of aryl methyl sites for hydroxylation is 1. The molecule has 32 heavy (non-hydrogen) atoms. The van der Waals surface area contributed by atoms with Crippen LogP contribution in [0.15, 0.2) is 16.6 Å². The highest BCUT2D eigenvalue weighted by Gasteiger charge is 2.62. The predicted molar refractivity (Wildman–Crippen MR) is 122 cm³/mol. The number of nitrogens with one attached hydrogen (secondary N) is 1. The van der Waals surface area contributed by atoms with Crippen LogP contribution in [0.25, 0.3) is 0 Å². The molecule has 7 nitrogen and oxygen atoms in total. The minimum atomic E-state index is -1.03. The molecular formula is C23H26BrClN2O5. The van der Waals surface area contributed by atoms with Gasteiger partial charge in [-0.3, -0.25) is 19.3 Å². The maximum Gasteiger partial charge on any atom is 0.330 e. The van der Waals surface area contributed by atoms with Crippen molar-refractivity contribution in [2.75, 3.05) is 11.9 Å². The maximum absolute atomic E-state index is 13.1. The molecule has 3 aliphatic rings. The normalized spacial score (nSPS) is 27.1. The lowest BCUT2D eigenvalue weighted by Gasteiger charge is -2.28. The van der Waals surface area contributed by atoms with E-state index in [0.29, 0.717) is 15.2 Å². The number of fused-ring (bicyclic) bond motifs is 5. The number of imide groups is 1. The minimum Gasteiger partial charge on any atom is -0.454 e. The lowest BCUT2D eigenvalue weighted by molar-refractivity contribution is -0.162. The molecule has 1 aromatic rings. The number of likely N-dealkylation sites (tertiary alicyclic amines) is 1. The molecule has 1 saturated heterocycles. The van der Waals surface area contributed by atoms with Crippen LogP contribution in [0.4, 0.5) is 5.69 Å². The van der Waals surface area contributed by atoms with Gasteiger partial charge in [-0.15, -0.1) is 0 Å². The molecule has 0 unspecified atom stereocenters. The fourth-order valence-corrected chi connectivity index (χ4v) is 6.19. The van der Waals surface area contributed by atoms with E-state index < -0.39 is 24.5 Å². The fraction of sp³-hybridized carbons (Fsp3) is 0.565. The lowest BCUT2D eigenvalue weighted by Crippen LogP contribution is -2.50. The van der Waals surface area contributed by atoms with Gasteiger partial charge in [-0.05, 0) is 77.6 Å². The molecule has 1 aromatic carbocycles. The lowest BCUT2D eigenvalue weighted by atomic mass is 9.81. The van der Waals surface area contributed by atoms with Gasteiger partial charge in [0.1, 0.15) is 6.04 Å². The maximum atomic E-state index is 13.1. The molecular weight excluding hydrogens is 500 g/mol. The highest BCUT2D eigenvalue weighted by atomic mass is 79.9. The van der Waals surface area contributed by atoms with Gasteiger partial charge in [0.15, 0.2) is 6.61 Å². The van der Waals surface area contributed by atoms with Crippen molar-refractivity contribution in [3.63, 3.8) is 0 Å². The van der Waals surface area contributed by atoms with Gasteiger partial charge < -0.3 is 10.1 Å². The topological polar surface area (TPSA) is 92.8 Å². The first-order valence-corrected chi connectivity index (χ1v) is 12.1. The fourth-order valence-electron chi connectivity index (χ4n) is 5.57. The Morgan fingerprint density at radius 1 is 1.19 bits per heavy atom. The molecule has 2 aliphatic carbocycles. The molecule has 0 radical (unpaired) electrons. The summed E-state index contributed by atoms with van der Waals surface area (Å²) >= 11 is 9.41. The van der Waals surface area contributed by atoms with E-state index in [0.717, 1.165) is 29.7 Å². The summed E-state index contributed by atoms with van der Waals surface area (Å²) in [6.07, 6.45) is 2.86. The molecule has 3 amide bonds. The van der Waals surface area contributed by atoms with Crippen molar-refractivity contribution in [1.82, 2.24) is 4.90 Å². The van der Waals surface area contributed by atoms with Gasteiger partial charge in [0.05, 0.1) is 16.9 Å². The molecule has 9 heteroatoms. The van der Waals surface area contributed by atoms with E-state index in [2.05, 4.69) is 21.2 Å². The van der Waals surface area contributed by atoms with Gasteiger partial charge in [-0.25, -0.2) is 4.79 Å². The van der Waals surface area contributed by atoms with Crippen LogP contribution in [0, 0.1) is 36.5 Å². The van der Waals surface area contributed by atoms with Gasteiger partial charge >= 0.3 is 5.97 Å². The van der Waals surface area contributed by atoms with Crippen LogP contribution < -0.4 is 5.32 Å². The van der Waals surface area contributed by atoms with Crippen LogP contribution >= 0.6 is 27.5 Å². The predicted octanol–water partition coefficient (Wildman–Crippen LogP) is 3.95. The average Bonchev–Trinajstić information content (AvgIpc) is 3.40. The van der Waals surface area contributed by atoms with E-state index in [-0.39, 0.29) is 41.4 Å². The monoisotopic (exact) mass is 524 g/mol. The van der Waals surface area contributed by atoms with E-state index in [9.17, 15) is 19.2 Å². The number of amides is 3. The van der Waals surface area contributed by atoms with Crippen molar-refractivity contribution < 1.29 is 23.9 Å². The Morgan fingerprint density at radius 3 is 2.34 bits per heavy atom. The van der Waals surface area contributed by atoms with Crippen LogP contribution in [0.5, 0.6) is 0 Å². The molecule has 0 aromatic heterocycles. The standard InChI is InChI=1S/C23H26BrClN2O5/c1-10(2)20(27-21(29)18-12-4-5-13(7-12)19(18)22(27)30)23(31)32-9-17(28)26-16-8-15(25)14(24)6-11(16)3/h6,8,10,12-13,18-20H,4-5,7,9H2,1-3H3,(H,26,28)/t12-,13-,18-,19+,20-/m0/s1. The van der Waals surface area contributed by atoms with E-state index in [1.165, 1.54) is 0 Å². The first kappa shape index (κ1) is 23.2. The molecule has 1 heterocycles. The number of nitrogens with zero attached hydrogens (tertiary/aromatic N) is 1. The molecule has 2 saturated carbocycles. The largest absolute Gasteiger partial charge is 0.454 e. The Kier molecular flexibility index (Phi) is 6.38. The average molecular weight is 526 g/mol. The van der Waals surface area contributed by atoms with Crippen molar-refractivity contribution in [2.45, 2.75) is 46.1 Å². The number of esters is 1. The molecule has 1 aliphatic heterocycles. The van der Waals surface area contributed by atoms with Crippen LogP contribution in [0.1, 0.15) is 38.7 Å². The van der Waals surface area contributed by atoms with E-state index in [1.54, 1.807) is 26.0 Å². The highest BCUT2D eigenvalue weighted by Crippen LogP contribution is 2.56. The van der Waals surface area contributed by atoms with Crippen LogP contribution in [-0.2, 0) is 23.9 Å². The van der Waals surface area contributed by atoms with Crippen molar-refractivity contribution in [2.24, 2.45) is 29.6 Å². The minimum absolute atomic E-state index is 0.238. The molecule has 4 rings (SSSR count). The molecule has 0 spiro atoms. The van der Waals surface area contributed by atoms with Crippen molar-refractivity contribution >= 4 is 56.9 Å². The summed E-state index contributed by atoms with van der Waals surface area (Å²) in [5, 5.41) is 3.11. The number of hydrogen-bond donors (Lipinski definition) is 1. The van der Waals surface area contributed by atoms with E-state index in [1.807, 2.05) is 6.92 Å². The van der Waals surface area contributed by atoms with Crippen LogP contribution in [-0.4, -0.2) is 41.2 Å². The van der Waals surface area contributed by atoms with Crippen molar-refractivity contribution in [3.8, 4) is 0 Å². The zero-order chi connectivity index (χ0) is 23.3. The number of benzene rings is 1. The van der Waals surface area contributed by atoms with Crippen LogP contribution in [0.3, 0.4) is 0 Å². The SMILES string of the molecule is Cc1cc(Br)c(Cl)cc1NC(=O)COC(=O)[C@H](C(C)C)N1C(=O)[C@@H]2[C@H]3CC[C@@H](C3)[C@@H]2C1=O. The van der Waals surface area contributed by atoms with Crippen molar-refractivity contribution in [3.05, 3.63) is 27.2 Å². The third-order valence-electron chi connectivity index (χ3n) is 7.00. The Hall–Kier alpha value is -1.93. The molecule has 5 atom stereocenters. The summed E-state index contributed by atoms with van der Waals surface area (Å²) in [4.78, 5) is 52.6. The second kappa shape index (κ2) is 8.78. The number of carbonyl (C=O) groups is 4. The first-order valence-electron chi connectivity index (χ1n) is 10.9. The van der Waals surface area contributed by atoms with Gasteiger partial charge in [0.25, 0.3) is 5.91 Å². The Balaban J connectivity index is 1.42. The van der Waals surface area contributed by atoms with Gasteiger partial charge in [-0.1, -0.05) is 25.4 Å². The summed E-state index contributed by atoms with van der Waals surface area (Å²) in [5.41, 5.74) is 1.29. The summed E-state index contributed by atoms with van der Waals surface area (Å²) in [5.74, 6) is -2.25. The Morgan fingerprint density at radius 2 is 1.78 bits per heavy atom. The van der Waals surface area contributed by atoms with Gasteiger partial charge in [0, 0.05) is 10.2 Å². The third kappa shape index (κ3) is 3.96.